The molecule has 7 aromatic rings. The molecule has 8 rings (SSSR count). The largest absolute Gasteiger partial charge is 0.213 e. The molecule has 57 heavy (non-hydrogen) atoms. The first kappa shape index (κ1) is 49.3. The van der Waals surface area contributed by atoms with Gasteiger partial charge in [-0.25, -0.2) is 15.0 Å². The molecule has 1 heterocycles. The van der Waals surface area contributed by atoms with E-state index in [0.717, 1.165) is 35.0 Å². The number of aryl methyl sites for hydroxylation is 1. The number of rotatable bonds is 5. The summed E-state index contributed by atoms with van der Waals surface area (Å²) in [6.07, 6.45) is 0.794. The van der Waals surface area contributed by atoms with Crippen molar-refractivity contribution in [2.45, 2.75) is 102 Å². The summed E-state index contributed by atoms with van der Waals surface area (Å²) in [5.74, 6) is 2.28. The molecule has 0 radical (unpaired) electrons. The highest BCUT2D eigenvalue weighted by Gasteiger charge is 2.45. The minimum absolute atomic E-state index is 0.254. The van der Waals surface area contributed by atoms with Crippen LogP contribution < -0.4 is 0 Å². The van der Waals surface area contributed by atoms with E-state index in [1.807, 2.05) is 144 Å². The lowest BCUT2D eigenvalue weighted by Crippen LogP contribution is -2.28. The molecule has 1 aromatic heterocycles. The summed E-state index contributed by atoms with van der Waals surface area (Å²) in [6.45, 7) is 26.1. The first-order chi connectivity index (χ1) is 28.3. The summed E-state index contributed by atoms with van der Waals surface area (Å²) >= 11 is 0. The van der Waals surface area contributed by atoms with E-state index in [1.165, 1.54) is 33.4 Å². The van der Waals surface area contributed by atoms with Gasteiger partial charge in [-0.3, -0.25) is 0 Å². The van der Waals surface area contributed by atoms with Gasteiger partial charge in [0.1, 0.15) is 5.82 Å². The van der Waals surface area contributed by atoms with Crippen LogP contribution in [-0.2, 0) is 11.8 Å². The molecule has 3 heteroatoms. The van der Waals surface area contributed by atoms with Crippen molar-refractivity contribution in [3.05, 3.63) is 198 Å². The van der Waals surface area contributed by atoms with Crippen LogP contribution in [0.3, 0.4) is 0 Å². The van der Waals surface area contributed by atoms with Crippen molar-refractivity contribution in [3.8, 4) is 33.9 Å². The first-order valence-corrected chi connectivity index (χ1v) is 21.4. The fourth-order valence-corrected chi connectivity index (χ4v) is 6.41. The van der Waals surface area contributed by atoms with Crippen LogP contribution in [0.15, 0.2) is 170 Å². The SMILES string of the molecule is CC.CC.CC.CC.CC.CC.CCc1nc(-c2ccccc2)nc(-c2ccccc2)n1.c1ccc(C2(c3ccccc3)c3ccccc3-c3ccccc32)cc1. The summed E-state index contributed by atoms with van der Waals surface area (Å²) in [5.41, 5.74) is 9.83. The van der Waals surface area contributed by atoms with Crippen molar-refractivity contribution in [1.29, 1.82) is 0 Å². The Morgan fingerprint density at radius 2 is 0.614 bits per heavy atom. The third kappa shape index (κ3) is 12.2. The smallest absolute Gasteiger partial charge is 0.163 e. The van der Waals surface area contributed by atoms with E-state index in [9.17, 15) is 0 Å². The Bertz CT molecular complexity index is 1880. The van der Waals surface area contributed by atoms with Crippen LogP contribution in [-0.4, -0.2) is 15.0 Å². The second-order valence-electron chi connectivity index (χ2n) is 11.1. The summed E-state index contributed by atoms with van der Waals surface area (Å²) in [4.78, 5) is 13.7. The predicted octanol–water partition coefficient (Wildman–Crippen LogP) is 16.0. The van der Waals surface area contributed by atoms with Crippen LogP contribution in [0.4, 0.5) is 0 Å². The maximum atomic E-state index is 4.60. The lowest BCUT2D eigenvalue weighted by molar-refractivity contribution is 0.768. The Labute approximate surface area is 347 Å². The first-order valence-electron chi connectivity index (χ1n) is 21.4. The van der Waals surface area contributed by atoms with Gasteiger partial charge in [0.25, 0.3) is 0 Å². The summed E-state index contributed by atoms with van der Waals surface area (Å²) in [5, 5.41) is 0. The number of hydrogen-bond donors (Lipinski definition) is 0. The Morgan fingerprint density at radius 3 is 0.930 bits per heavy atom. The van der Waals surface area contributed by atoms with Gasteiger partial charge >= 0.3 is 0 Å². The van der Waals surface area contributed by atoms with Crippen molar-refractivity contribution in [1.82, 2.24) is 15.0 Å². The zero-order chi connectivity index (χ0) is 42.5. The maximum absolute atomic E-state index is 4.60. The molecule has 1 aliphatic carbocycles. The van der Waals surface area contributed by atoms with Gasteiger partial charge in [-0.2, -0.15) is 0 Å². The van der Waals surface area contributed by atoms with Gasteiger partial charge in [0.05, 0.1) is 5.41 Å². The van der Waals surface area contributed by atoms with Crippen LogP contribution in [0.2, 0.25) is 0 Å². The number of benzene rings is 6. The Balaban J connectivity index is 0.000000459. The van der Waals surface area contributed by atoms with Crippen molar-refractivity contribution in [2.75, 3.05) is 0 Å². The molecule has 0 spiro atoms. The van der Waals surface area contributed by atoms with Gasteiger partial charge in [-0.05, 0) is 33.4 Å². The highest BCUT2D eigenvalue weighted by atomic mass is 15.0. The molecule has 0 amide bonds. The minimum Gasteiger partial charge on any atom is -0.213 e. The second kappa shape index (κ2) is 28.7. The molecule has 0 bridgehead atoms. The Hall–Kier alpha value is -5.67. The van der Waals surface area contributed by atoms with Crippen LogP contribution >= 0.6 is 0 Å². The van der Waals surface area contributed by atoms with Gasteiger partial charge in [0.2, 0.25) is 0 Å². The van der Waals surface area contributed by atoms with Gasteiger partial charge in [-0.1, -0.05) is 260 Å². The van der Waals surface area contributed by atoms with E-state index in [2.05, 4.69) is 131 Å². The minimum atomic E-state index is -0.254. The number of nitrogens with zero attached hydrogens (tertiary/aromatic N) is 3. The molecular formula is C54H69N3. The summed E-state index contributed by atoms with van der Waals surface area (Å²) in [7, 11) is 0. The van der Waals surface area contributed by atoms with E-state index in [4.69, 9.17) is 0 Å². The zero-order valence-corrected chi connectivity index (χ0v) is 37.2. The molecule has 6 aromatic carbocycles. The molecule has 0 N–H and O–H groups in total. The van der Waals surface area contributed by atoms with Gasteiger partial charge in [-0.15, -0.1) is 0 Å². The molecule has 1 aliphatic rings. The van der Waals surface area contributed by atoms with E-state index in [1.54, 1.807) is 0 Å². The Kier molecular flexibility index (Phi) is 24.8. The monoisotopic (exact) mass is 760 g/mol. The summed E-state index contributed by atoms with van der Waals surface area (Å²) in [6, 6.07) is 59.5. The maximum Gasteiger partial charge on any atom is 0.163 e. The second-order valence-corrected chi connectivity index (χ2v) is 11.1. The van der Waals surface area contributed by atoms with Crippen molar-refractivity contribution < 1.29 is 0 Å². The predicted molar refractivity (Wildman–Crippen MR) is 252 cm³/mol. The number of hydrogen-bond acceptors (Lipinski definition) is 3. The average molecular weight is 760 g/mol. The zero-order valence-electron chi connectivity index (χ0n) is 37.2. The average Bonchev–Trinajstić information content (AvgIpc) is 3.65. The number of aromatic nitrogens is 3. The van der Waals surface area contributed by atoms with Gasteiger partial charge in [0, 0.05) is 17.5 Å². The van der Waals surface area contributed by atoms with E-state index in [-0.39, 0.29) is 5.41 Å². The van der Waals surface area contributed by atoms with Crippen LogP contribution in [0, 0.1) is 0 Å². The molecule has 0 unspecified atom stereocenters. The molecule has 0 aliphatic heterocycles. The lowest BCUT2D eigenvalue weighted by Gasteiger charge is -2.33. The normalized spacial score (nSPS) is 10.4. The van der Waals surface area contributed by atoms with Crippen molar-refractivity contribution in [3.63, 3.8) is 0 Å². The highest BCUT2D eigenvalue weighted by Crippen LogP contribution is 2.55. The lowest BCUT2D eigenvalue weighted by atomic mass is 9.68. The molecule has 3 nitrogen and oxygen atoms in total. The standard InChI is InChI=1S/C25H18.C17H15N3.6C2H6/c1-3-11-19(12-4-1)25(20-13-5-2-6-14-20)23-17-9-7-15-21(23)22-16-8-10-18-24(22)25;1-2-15-18-16(13-9-5-3-6-10-13)20-17(19-15)14-11-7-4-8-12-14;6*1-2/h1-18H;3-12H,2H2,1H3;6*1-2H3. The van der Waals surface area contributed by atoms with Crippen LogP contribution in [0.5, 0.6) is 0 Å². The number of fused-ring (bicyclic) bond motifs is 3. The molecule has 300 valence electrons. The van der Waals surface area contributed by atoms with Crippen molar-refractivity contribution in [2.24, 2.45) is 0 Å². The van der Waals surface area contributed by atoms with E-state index >= 15 is 0 Å². The molecule has 0 fully saturated rings. The fourth-order valence-electron chi connectivity index (χ4n) is 6.41. The van der Waals surface area contributed by atoms with Gasteiger partial charge in [0.15, 0.2) is 11.6 Å². The fraction of sp³-hybridized carbons (Fsp3) is 0.278. The molecule has 0 saturated heterocycles. The Morgan fingerprint density at radius 1 is 0.333 bits per heavy atom. The van der Waals surface area contributed by atoms with E-state index < -0.39 is 0 Å². The molecule has 0 saturated carbocycles. The van der Waals surface area contributed by atoms with Crippen LogP contribution in [0.1, 0.15) is 118 Å². The van der Waals surface area contributed by atoms with Crippen molar-refractivity contribution >= 4 is 0 Å². The highest BCUT2D eigenvalue weighted by molar-refractivity contribution is 5.86. The van der Waals surface area contributed by atoms with Gasteiger partial charge < -0.3 is 0 Å². The van der Waals surface area contributed by atoms with Crippen LogP contribution in [0.25, 0.3) is 33.9 Å². The molecule has 0 atom stereocenters. The third-order valence-electron chi connectivity index (χ3n) is 8.43. The van der Waals surface area contributed by atoms with E-state index in [0.29, 0.717) is 0 Å². The molecular weight excluding hydrogens is 691 g/mol. The quantitative estimate of drug-likeness (QED) is 0.175. The third-order valence-corrected chi connectivity index (χ3v) is 8.43. The topological polar surface area (TPSA) is 38.7 Å². The summed E-state index contributed by atoms with van der Waals surface area (Å²) < 4.78 is 0.